The number of piperidine rings is 1. The van der Waals surface area contributed by atoms with E-state index in [4.69, 9.17) is 14.7 Å². The summed E-state index contributed by atoms with van der Waals surface area (Å²) in [6.45, 7) is 5.15. The maximum Gasteiger partial charge on any atom is 0.410 e. The van der Waals surface area contributed by atoms with Gasteiger partial charge in [0.1, 0.15) is 11.7 Å². The fourth-order valence-corrected chi connectivity index (χ4v) is 2.50. The molecule has 0 bridgehead atoms. The minimum absolute atomic E-state index is 0.104. The molecule has 140 valence electrons. The summed E-state index contributed by atoms with van der Waals surface area (Å²) in [5, 5.41) is 20.0. The molecule has 2 rings (SSSR count). The van der Waals surface area contributed by atoms with Crippen molar-refractivity contribution in [1.82, 2.24) is 4.90 Å². The molecular weight excluding hydrogens is 345 g/mol. The number of carbonyl (C=O) groups is 1. The van der Waals surface area contributed by atoms with Crippen LogP contribution in [0.5, 0.6) is 5.75 Å². The van der Waals surface area contributed by atoms with Crippen molar-refractivity contribution in [2.75, 3.05) is 13.1 Å². The fourth-order valence-electron chi connectivity index (χ4n) is 2.50. The van der Waals surface area contributed by atoms with Crippen LogP contribution in [0.3, 0.4) is 0 Å². The van der Waals surface area contributed by atoms with E-state index in [1.165, 1.54) is 17.0 Å². The minimum atomic E-state index is -1.52. The van der Waals surface area contributed by atoms with Gasteiger partial charge in [-0.3, -0.25) is 10.1 Å². The number of alkyl halides is 1. The summed E-state index contributed by atoms with van der Waals surface area (Å²) in [4.78, 5) is 23.7. The first kappa shape index (κ1) is 19.4. The van der Waals surface area contributed by atoms with Crippen molar-refractivity contribution in [3.63, 3.8) is 0 Å². The van der Waals surface area contributed by atoms with E-state index < -0.39 is 34.6 Å². The van der Waals surface area contributed by atoms with Crippen molar-refractivity contribution in [3.8, 4) is 11.8 Å². The highest BCUT2D eigenvalue weighted by Gasteiger charge is 2.36. The van der Waals surface area contributed by atoms with Crippen LogP contribution in [0.15, 0.2) is 18.2 Å². The van der Waals surface area contributed by atoms with Crippen molar-refractivity contribution in [1.29, 1.82) is 5.26 Å². The van der Waals surface area contributed by atoms with Gasteiger partial charge >= 0.3 is 11.8 Å². The van der Waals surface area contributed by atoms with Crippen molar-refractivity contribution in [3.05, 3.63) is 33.9 Å². The van der Waals surface area contributed by atoms with Crippen molar-refractivity contribution in [2.45, 2.75) is 45.1 Å². The lowest BCUT2D eigenvalue weighted by atomic mass is 10.1. The summed E-state index contributed by atoms with van der Waals surface area (Å²) in [6.07, 6.45) is -2.90. The Kier molecular flexibility index (Phi) is 5.65. The van der Waals surface area contributed by atoms with E-state index >= 15 is 0 Å². The molecule has 8 nitrogen and oxygen atoms in total. The molecule has 2 unspecified atom stereocenters. The van der Waals surface area contributed by atoms with E-state index in [2.05, 4.69) is 0 Å². The number of carbonyl (C=O) groups excluding carboxylic acids is 1. The van der Waals surface area contributed by atoms with Gasteiger partial charge in [-0.1, -0.05) is 0 Å². The predicted octanol–water partition coefficient (Wildman–Crippen LogP) is 3.19. The average Bonchev–Trinajstić information content (AvgIpc) is 2.55. The molecule has 1 fully saturated rings. The summed E-state index contributed by atoms with van der Waals surface area (Å²) < 4.78 is 25.2. The van der Waals surface area contributed by atoms with Crippen LogP contribution in [0.25, 0.3) is 0 Å². The van der Waals surface area contributed by atoms with Gasteiger partial charge in [0, 0.05) is 19.0 Å². The SMILES string of the molecule is CC(C)(C)OC(=O)N1CCC(Oc2ccc(C#N)cc2[N+](=O)[O-])C(F)C1. The van der Waals surface area contributed by atoms with E-state index in [1.54, 1.807) is 26.8 Å². The molecule has 2 atom stereocenters. The normalized spacial score (nSPS) is 20.2. The molecule has 0 saturated carbocycles. The summed E-state index contributed by atoms with van der Waals surface area (Å²) >= 11 is 0. The van der Waals surface area contributed by atoms with Gasteiger partial charge in [0.2, 0.25) is 0 Å². The summed E-state index contributed by atoms with van der Waals surface area (Å²) in [5.41, 5.74) is -0.967. The number of rotatable bonds is 3. The molecule has 9 heteroatoms. The van der Waals surface area contributed by atoms with Gasteiger partial charge in [0.25, 0.3) is 0 Å². The van der Waals surface area contributed by atoms with Crippen LogP contribution in [-0.2, 0) is 4.74 Å². The second-order valence-corrected chi connectivity index (χ2v) is 6.94. The van der Waals surface area contributed by atoms with Crippen LogP contribution in [0.1, 0.15) is 32.8 Å². The highest BCUT2D eigenvalue weighted by Crippen LogP contribution is 2.31. The minimum Gasteiger partial charge on any atom is -0.480 e. The van der Waals surface area contributed by atoms with Crippen molar-refractivity contribution < 1.29 is 23.6 Å². The predicted molar refractivity (Wildman–Crippen MR) is 89.5 cm³/mol. The Morgan fingerprint density at radius 2 is 2.15 bits per heavy atom. The molecular formula is C17H20FN3O5. The molecule has 26 heavy (non-hydrogen) atoms. The average molecular weight is 365 g/mol. The van der Waals surface area contributed by atoms with Crippen LogP contribution in [0.4, 0.5) is 14.9 Å². The monoisotopic (exact) mass is 365 g/mol. The first-order chi connectivity index (χ1) is 12.1. The number of hydrogen-bond acceptors (Lipinski definition) is 6. The smallest absolute Gasteiger partial charge is 0.410 e. The molecule has 0 aliphatic carbocycles. The lowest BCUT2D eigenvalue weighted by Gasteiger charge is -2.35. The van der Waals surface area contributed by atoms with Crippen LogP contribution >= 0.6 is 0 Å². The standard InChI is InChI=1S/C17H20FN3O5/c1-17(2,3)26-16(22)20-7-6-14(12(18)10-20)25-15-5-4-11(9-19)8-13(15)21(23)24/h4-5,8,12,14H,6-7,10H2,1-3H3. The van der Waals surface area contributed by atoms with Crippen molar-refractivity contribution >= 4 is 11.8 Å². The van der Waals surface area contributed by atoms with Gasteiger partial charge < -0.3 is 14.4 Å². The van der Waals surface area contributed by atoms with Crippen LogP contribution < -0.4 is 4.74 Å². The molecule has 1 amide bonds. The largest absolute Gasteiger partial charge is 0.480 e. The molecule has 0 aromatic heterocycles. The summed E-state index contributed by atoms with van der Waals surface area (Å²) in [6, 6.07) is 5.54. The molecule has 0 radical (unpaired) electrons. The Labute approximate surface area is 150 Å². The summed E-state index contributed by atoms with van der Waals surface area (Å²) in [5.74, 6) is -0.104. The molecule has 1 aromatic rings. The third kappa shape index (κ3) is 4.81. The number of amides is 1. The Balaban J connectivity index is 2.06. The third-order valence-electron chi connectivity index (χ3n) is 3.70. The number of nitro benzene ring substituents is 1. The third-order valence-corrected chi connectivity index (χ3v) is 3.70. The van der Waals surface area contributed by atoms with E-state index in [-0.39, 0.29) is 30.8 Å². The number of ether oxygens (including phenoxy) is 2. The lowest BCUT2D eigenvalue weighted by molar-refractivity contribution is -0.386. The van der Waals surface area contributed by atoms with Gasteiger partial charge in [-0.2, -0.15) is 5.26 Å². The molecule has 0 spiro atoms. The Morgan fingerprint density at radius 3 is 2.69 bits per heavy atom. The van der Waals surface area contributed by atoms with E-state index in [0.29, 0.717) is 0 Å². The zero-order chi connectivity index (χ0) is 19.5. The maximum absolute atomic E-state index is 14.5. The van der Waals surface area contributed by atoms with E-state index in [1.807, 2.05) is 0 Å². The number of likely N-dealkylation sites (tertiary alicyclic amines) is 1. The number of nitriles is 1. The number of nitrogens with zero attached hydrogens (tertiary/aromatic N) is 3. The Bertz CT molecular complexity index is 741. The summed E-state index contributed by atoms with van der Waals surface area (Å²) in [7, 11) is 0. The van der Waals surface area contributed by atoms with Crippen LogP contribution in [0, 0.1) is 21.4 Å². The second-order valence-electron chi connectivity index (χ2n) is 6.94. The molecule has 1 aliphatic heterocycles. The highest BCUT2D eigenvalue weighted by atomic mass is 19.1. The zero-order valence-corrected chi connectivity index (χ0v) is 14.8. The maximum atomic E-state index is 14.5. The van der Waals surface area contributed by atoms with Crippen molar-refractivity contribution in [2.24, 2.45) is 0 Å². The van der Waals surface area contributed by atoms with Crippen LogP contribution in [0.2, 0.25) is 0 Å². The van der Waals surface area contributed by atoms with Gasteiger partial charge in [-0.15, -0.1) is 0 Å². The quantitative estimate of drug-likeness (QED) is 0.601. The highest BCUT2D eigenvalue weighted by molar-refractivity contribution is 5.68. The molecule has 1 saturated heterocycles. The first-order valence-corrected chi connectivity index (χ1v) is 8.08. The van der Waals surface area contributed by atoms with Gasteiger partial charge in [-0.25, -0.2) is 9.18 Å². The molecule has 1 aliphatic rings. The van der Waals surface area contributed by atoms with Crippen LogP contribution in [-0.4, -0.2) is 46.9 Å². The van der Waals surface area contributed by atoms with Gasteiger partial charge in [0.05, 0.1) is 23.1 Å². The Morgan fingerprint density at radius 1 is 1.46 bits per heavy atom. The second kappa shape index (κ2) is 7.56. The van der Waals surface area contributed by atoms with E-state index in [9.17, 15) is 19.3 Å². The lowest BCUT2D eigenvalue weighted by Crippen LogP contribution is -2.50. The zero-order valence-electron chi connectivity index (χ0n) is 14.8. The fraction of sp³-hybridized carbons (Fsp3) is 0.529. The molecule has 1 heterocycles. The number of hydrogen-bond donors (Lipinski definition) is 0. The first-order valence-electron chi connectivity index (χ1n) is 8.08. The Hall–Kier alpha value is -2.89. The topological polar surface area (TPSA) is 106 Å². The molecule has 0 N–H and O–H groups in total. The molecule has 1 aromatic carbocycles. The van der Waals surface area contributed by atoms with Gasteiger partial charge in [-0.05, 0) is 32.9 Å². The number of benzene rings is 1. The van der Waals surface area contributed by atoms with E-state index in [0.717, 1.165) is 6.07 Å². The van der Waals surface area contributed by atoms with Gasteiger partial charge in [0.15, 0.2) is 11.9 Å². The number of nitro groups is 1. The number of halogens is 1.